The summed E-state index contributed by atoms with van der Waals surface area (Å²) in [6.45, 7) is 7.39. The van der Waals surface area contributed by atoms with Gasteiger partial charge in [0.1, 0.15) is 6.54 Å². The number of non-ortho nitro benzene ring substituents is 1. The van der Waals surface area contributed by atoms with E-state index in [1.807, 2.05) is 32.9 Å². The molecule has 0 bridgehead atoms. The second-order valence-electron chi connectivity index (χ2n) is 7.87. The lowest BCUT2D eigenvalue weighted by atomic mass is 9.87. The second kappa shape index (κ2) is 8.20. The van der Waals surface area contributed by atoms with Gasteiger partial charge in [0.05, 0.1) is 22.6 Å². The molecule has 2 aromatic carbocycles. The maximum Gasteiger partial charge on any atom is 0.271 e. The number of amides is 1. The number of nitrogens with one attached hydrogen (secondary N) is 1. The van der Waals surface area contributed by atoms with E-state index < -0.39 is 27.4 Å². The lowest BCUT2D eigenvalue weighted by Crippen LogP contribution is -2.37. The quantitative estimate of drug-likeness (QED) is 0.568. The van der Waals surface area contributed by atoms with Crippen molar-refractivity contribution in [3.63, 3.8) is 0 Å². The number of nitro benzene ring substituents is 1. The highest BCUT2D eigenvalue weighted by atomic mass is 32.2. The van der Waals surface area contributed by atoms with Crippen molar-refractivity contribution in [2.45, 2.75) is 33.1 Å². The maximum absolute atomic E-state index is 12.5. The van der Waals surface area contributed by atoms with Gasteiger partial charge < -0.3 is 5.32 Å². The van der Waals surface area contributed by atoms with E-state index in [0.29, 0.717) is 11.3 Å². The zero-order valence-corrected chi connectivity index (χ0v) is 17.9. The summed E-state index contributed by atoms with van der Waals surface area (Å²) in [5.41, 5.74) is 2.04. The number of sulfonamides is 1. The molecule has 0 aliphatic carbocycles. The third-order valence-electron chi connectivity index (χ3n) is 4.41. The molecule has 0 heterocycles. The van der Waals surface area contributed by atoms with Crippen molar-refractivity contribution >= 4 is 33.0 Å². The van der Waals surface area contributed by atoms with Crippen LogP contribution in [-0.2, 0) is 20.2 Å². The van der Waals surface area contributed by atoms with Gasteiger partial charge in [0.25, 0.3) is 5.69 Å². The molecule has 0 aliphatic heterocycles. The summed E-state index contributed by atoms with van der Waals surface area (Å²) in [7, 11) is -3.72. The van der Waals surface area contributed by atoms with E-state index in [9.17, 15) is 23.3 Å². The molecule has 0 fully saturated rings. The number of aryl methyl sites for hydroxylation is 1. The largest absolute Gasteiger partial charge is 0.324 e. The van der Waals surface area contributed by atoms with Gasteiger partial charge in [0.15, 0.2) is 0 Å². The third kappa shape index (κ3) is 5.77. The molecular formula is C20H25N3O5S. The number of hydrogen-bond acceptors (Lipinski definition) is 5. The van der Waals surface area contributed by atoms with E-state index >= 15 is 0 Å². The van der Waals surface area contributed by atoms with Crippen LogP contribution < -0.4 is 9.62 Å². The van der Waals surface area contributed by atoms with Gasteiger partial charge in [-0.1, -0.05) is 39.0 Å². The molecule has 9 heteroatoms. The molecule has 0 unspecified atom stereocenters. The van der Waals surface area contributed by atoms with Crippen molar-refractivity contribution in [2.24, 2.45) is 0 Å². The number of nitro groups is 1. The fourth-order valence-corrected chi connectivity index (χ4v) is 3.56. The highest BCUT2D eigenvalue weighted by Crippen LogP contribution is 2.26. The summed E-state index contributed by atoms with van der Waals surface area (Å²) in [6, 6.07) is 11.1. The Bertz CT molecular complexity index is 1030. The zero-order chi connectivity index (χ0) is 22.0. The molecule has 29 heavy (non-hydrogen) atoms. The molecule has 156 valence electrons. The molecule has 0 saturated heterocycles. The van der Waals surface area contributed by atoms with Crippen molar-refractivity contribution in [1.29, 1.82) is 0 Å². The summed E-state index contributed by atoms with van der Waals surface area (Å²) in [5, 5.41) is 13.5. The number of carbonyl (C=O) groups is 1. The Morgan fingerprint density at radius 1 is 1.14 bits per heavy atom. The summed E-state index contributed by atoms with van der Waals surface area (Å²) in [4.78, 5) is 22.9. The fraction of sp³-hybridized carbons (Fsp3) is 0.350. The van der Waals surface area contributed by atoms with Crippen LogP contribution in [0.4, 0.5) is 17.1 Å². The number of anilines is 2. The van der Waals surface area contributed by atoms with Gasteiger partial charge in [-0.3, -0.25) is 19.2 Å². The van der Waals surface area contributed by atoms with Crippen LogP contribution in [0, 0.1) is 17.0 Å². The van der Waals surface area contributed by atoms with Gasteiger partial charge in [-0.15, -0.1) is 0 Å². The normalized spacial score (nSPS) is 11.8. The van der Waals surface area contributed by atoms with Gasteiger partial charge in [-0.25, -0.2) is 8.42 Å². The Morgan fingerprint density at radius 3 is 2.21 bits per heavy atom. The van der Waals surface area contributed by atoms with Crippen molar-refractivity contribution in [1.82, 2.24) is 0 Å². The van der Waals surface area contributed by atoms with Crippen LogP contribution in [0.25, 0.3) is 0 Å². The maximum atomic E-state index is 12.5. The van der Waals surface area contributed by atoms with Crippen LogP contribution >= 0.6 is 0 Å². The van der Waals surface area contributed by atoms with Gasteiger partial charge in [0, 0.05) is 12.1 Å². The van der Waals surface area contributed by atoms with Crippen molar-refractivity contribution in [3.05, 3.63) is 63.7 Å². The molecule has 8 nitrogen and oxygen atoms in total. The Balaban J connectivity index is 2.27. The zero-order valence-electron chi connectivity index (χ0n) is 17.1. The van der Waals surface area contributed by atoms with E-state index in [4.69, 9.17) is 0 Å². The smallest absolute Gasteiger partial charge is 0.271 e. The van der Waals surface area contributed by atoms with E-state index in [0.717, 1.165) is 16.1 Å². The van der Waals surface area contributed by atoms with Gasteiger partial charge in [-0.2, -0.15) is 0 Å². The molecule has 0 aromatic heterocycles. The standard InChI is InChI=1S/C20H25N3O5S/c1-14-6-9-17(23(25)26)12-18(14)21-19(24)13-22(29(5,27)28)16-10-7-15(8-11-16)20(2,3)4/h6-12H,13H2,1-5H3,(H,21,24). The fourth-order valence-electron chi connectivity index (χ4n) is 2.71. The number of benzene rings is 2. The Kier molecular flexibility index (Phi) is 6.32. The molecule has 2 aromatic rings. The van der Waals surface area contributed by atoms with Crippen LogP contribution in [0.3, 0.4) is 0 Å². The minimum absolute atomic E-state index is 0.0919. The molecule has 1 amide bonds. The topological polar surface area (TPSA) is 110 Å². The summed E-state index contributed by atoms with van der Waals surface area (Å²) < 4.78 is 25.5. The lowest BCUT2D eigenvalue weighted by Gasteiger charge is -2.24. The number of carbonyl (C=O) groups excluding carboxylic acids is 1. The highest BCUT2D eigenvalue weighted by molar-refractivity contribution is 7.92. The first-order valence-electron chi connectivity index (χ1n) is 8.92. The summed E-state index contributed by atoms with van der Waals surface area (Å²) >= 11 is 0. The van der Waals surface area contributed by atoms with Crippen molar-refractivity contribution in [2.75, 3.05) is 22.4 Å². The first-order valence-corrected chi connectivity index (χ1v) is 10.8. The predicted octanol–water partition coefficient (Wildman–Crippen LogP) is 3.61. The monoisotopic (exact) mass is 419 g/mol. The number of nitrogens with zero attached hydrogens (tertiary/aromatic N) is 2. The van der Waals surface area contributed by atoms with Gasteiger partial charge >= 0.3 is 0 Å². The minimum atomic E-state index is -3.72. The van der Waals surface area contributed by atoms with E-state index in [2.05, 4.69) is 5.32 Å². The molecule has 2 rings (SSSR count). The van der Waals surface area contributed by atoms with Crippen LogP contribution in [0.2, 0.25) is 0 Å². The SMILES string of the molecule is Cc1ccc([N+](=O)[O-])cc1NC(=O)CN(c1ccc(C(C)(C)C)cc1)S(C)(=O)=O. The van der Waals surface area contributed by atoms with E-state index in [1.165, 1.54) is 18.2 Å². The predicted molar refractivity (Wildman–Crippen MR) is 114 cm³/mol. The number of rotatable bonds is 6. The molecule has 0 atom stereocenters. The average molecular weight is 420 g/mol. The van der Waals surface area contributed by atoms with Crippen molar-refractivity contribution in [3.8, 4) is 0 Å². The minimum Gasteiger partial charge on any atom is -0.324 e. The van der Waals surface area contributed by atoms with Crippen LogP contribution in [-0.4, -0.2) is 32.0 Å². The Hall–Kier alpha value is -2.94. The van der Waals surface area contributed by atoms with Gasteiger partial charge in [0.2, 0.25) is 15.9 Å². The highest BCUT2D eigenvalue weighted by Gasteiger charge is 2.22. The Morgan fingerprint density at radius 2 is 1.72 bits per heavy atom. The first-order chi connectivity index (χ1) is 13.3. The van der Waals surface area contributed by atoms with Crippen LogP contribution in [0.15, 0.2) is 42.5 Å². The molecule has 0 saturated carbocycles. The van der Waals surface area contributed by atoms with Crippen molar-refractivity contribution < 1.29 is 18.1 Å². The first kappa shape index (κ1) is 22.4. The summed E-state index contributed by atoms with van der Waals surface area (Å²) in [5.74, 6) is -0.598. The molecule has 1 N–H and O–H groups in total. The molecule has 0 spiro atoms. The van der Waals surface area contributed by atoms with Crippen LogP contribution in [0.5, 0.6) is 0 Å². The molecule has 0 aliphatic rings. The van der Waals surface area contributed by atoms with Gasteiger partial charge in [-0.05, 0) is 35.6 Å². The van der Waals surface area contributed by atoms with Crippen LogP contribution in [0.1, 0.15) is 31.9 Å². The van der Waals surface area contributed by atoms with E-state index in [-0.39, 0.29) is 16.8 Å². The number of hydrogen-bond donors (Lipinski definition) is 1. The average Bonchev–Trinajstić information content (AvgIpc) is 2.60. The summed E-state index contributed by atoms with van der Waals surface area (Å²) in [6.07, 6.45) is 1.02. The lowest BCUT2D eigenvalue weighted by molar-refractivity contribution is -0.384. The Labute approximate surface area is 170 Å². The molecule has 0 radical (unpaired) electrons. The molecular weight excluding hydrogens is 394 g/mol. The van der Waals surface area contributed by atoms with E-state index in [1.54, 1.807) is 19.1 Å². The third-order valence-corrected chi connectivity index (χ3v) is 5.56. The second-order valence-corrected chi connectivity index (χ2v) is 9.78.